The van der Waals surface area contributed by atoms with Gasteiger partial charge in [-0.05, 0) is 25.0 Å². The Labute approximate surface area is 116 Å². The number of piperidine rings is 1. The number of hydrogen-bond donors (Lipinski definition) is 1. The number of hydrogen-bond acceptors (Lipinski definition) is 2. The summed E-state index contributed by atoms with van der Waals surface area (Å²) in [6.45, 7) is 1.46. The first-order valence-corrected chi connectivity index (χ1v) is 6.78. The van der Waals surface area contributed by atoms with E-state index in [1.165, 1.54) is 0 Å². The number of benzene rings is 1. The Bertz CT molecular complexity index is 431. The molecule has 0 atom stereocenters. The van der Waals surface area contributed by atoms with Crippen LogP contribution in [0, 0.1) is 0 Å². The van der Waals surface area contributed by atoms with E-state index in [-0.39, 0.29) is 5.91 Å². The minimum Gasteiger partial charge on any atom is -0.339 e. The molecule has 2 rings (SSSR count). The second-order valence-corrected chi connectivity index (χ2v) is 5.64. The zero-order chi connectivity index (χ0) is 12.4. The van der Waals surface area contributed by atoms with Crippen molar-refractivity contribution in [2.24, 2.45) is 0 Å². The molecule has 0 N–H and O–H groups in total. The summed E-state index contributed by atoms with van der Waals surface area (Å²) in [6, 6.07) is 5.14. The predicted molar refractivity (Wildman–Crippen MR) is 74.4 cm³/mol. The van der Waals surface area contributed by atoms with Gasteiger partial charge in [0.15, 0.2) is 0 Å². The molecule has 92 valence electrons. The molecule has 0 saturated carbocycles. The van der Waals surface area contributed by atoms with Crippen LogP contribution in [-0.4, -0.2) is 29.1 Å². The Kier molecular flexibility index (Phi) is 4.23. The molecule has 0 radical (unpaired) electrons. The summed E-state index contributed by atoms with van der Waals surface area (Å²) in [4.78, 5) is 14.0. The number of thiol groups is 1. The van der Waals surface area contributed by atoms with Gasteiger partial charge in [0.25, 0.3) is 5.91 Å². The molecular formula is C12H13Cl2NOS. The summed E-state index contributed by atoms with van der Waals surface area (Å²) in [5.74, 6) is -0.0438. The third-order valence-corrected chi connectivity index (χ3v) is 4.27. The summed E-state index contributed by atoms with van der Waals surface area (Å²) in [5.41, 5.74) is 0.483. The van der Waals surface area contributed by atoms with Gasteiger partial charge in [0.2, 0.25) is 0 Å². The van der Waals surface area contributed by atoms with Crippen molar-refractivity contribution in [3.05, 3.63) is 33.8 Å². The topological polar surface area (TPSA) is 20.3 Å². The van der Waals surface area contributed by atoms with Crippen LogP contribution in [0.4, 0.5) is 0 Å². The Morgan fingerprint density at radius 3 is 2.59 bits per heavy atom. The highest BCUT2D eigenvalue weighted by Gasteiger charge is 2.23. The molecule has 2 nitrogen and oxygen atoms in total. The molecule has 0 aliphatic carbocycles. The van der Waals surface area contributed by atoms with Crippen molar-refractivity contribution in [3.8, 4) is 0 Å². The number of likely N-dealkylation sites (tertiary alicyclic amines) is 1. The SMILES string of the molecule is O=C(c1cccc(Cl)c1Cl)N1CCC(S)CC1. The van der Waals surface area contributed by atoms with Gasteiger partial charge in [-0.2, -0.15) is 12.6 Å². The van der Waals surface area contributed by atoms with E-state index < -0.39 is 0 Å². The lowest BCUT2D eigenvalue weighted by Crippen LogP contribution is -2.38. The van der Waals surface area contributed by atoms with Crippen LogP contribution in [0.1, 0.15) is 23.2 Å². The van der Waals surface area contributed by atoms with Crippen molar-refractivity contribution in [3.63, 3.8) is 0 Å². The van der Waals surface area contributed by atoms with E-state index in [1.807, 2.05) is 4.90 Å². The number of nitrogens with zero attached hydrogens (tertiary/aromatic N) is 1. The molecule has 1 fully saturated rings. The van der Waals surface area contributed by atoms with Crippen molar-refractivity contribution in [2.75, 3.05) is 13.1 Å². The lowest BCUT2D eigenvalue weighted by atomic mass is 10.1. The third-order valence-electron chi connectivity index (χ3n) is 2.93. The Morgan fingerprint density at radius 1 is 1.29 bits per heavy atom. The minimum absolute atomic E-state index is 0.0438. The predicted octanol–water partition coefficient (Wildman–Crippen LogP) is 3.53. The molecule has 1 aromatic carbocycles. The second-order valence-electron chi connectivity index (χ2n) is 4.12. The highest BCUT2D eigenvalue weighted by Crippen LogP contribution is 2.27. The summed E-state index contributed by atoms with van der Waals surface area (Å²) in [7, 11) is 0. The first-order chi connectivity index (χ1) is 8.09. The normalized spacial score (nSPS) is 17.2. The van der Waals surface area contributed by atoms with E-state index >= 15 is 0 Å². The van der Waals surface area contributed by atoms with Gasteiger partial charge in [0.1, 0.15) is 0 Å². The summed E-state index contributed by atoms with van der Waals surface area (Å²) >= 11 is 16.4. The monoisotopic (exact) mass is 289 g/mol. The third kappa shape index (κ3) is 2.90. The van der Waals surface area contributed by atoms with Crippen molar-refractivity contribution >= 4 is 41.7 Å². The fourth-order valence-electron chi connectivity index (χ4n) is 1.91. The number of carbonyl (C=O) groups excluding carboxylic acids is 1. The van der Waals surface area contributed by atoms with Gasteiger partial charge in [-0.15, -0.1) is 0 Å². The molecule has 0 unspecified atom stereocenters. The molecule has 0 spiro atoms. The first kappa shape index (κ1) is 13.1. The van der Waals surface area contributed by atoms with Gasteiger partial charge >= 0.3 is 0 Å². The minimum atomic E-state index is -0.0438. The molecule has 17 heavy (non-hydrogen) atoms. The fraction of sp³-hybridized carbons (Fsp3) is 0.417. The molecular weight excluding hydrogens is 277 g/mol. The molecule has 0 bridgehead atoms. The van der Waals surface area contributed by atoms with Crippen LogP contribution in [0.2, 0.25) is 10.0 Å². The molecule has 1 aliphatic rings. The Balaban J connectivity index is 2.17. The smallest absolute Gasteiger partial charge is 0.255 e. The zero-order valence-electron chi connectivity index (χ0n) is 9.20. The maximum Gasteiger partial charge on any atom is 0.255 e. The fourth-order valence-corrected chi connectivity index (χ4v) is 2.52. The lowest BCUT2D eigenvalue weighted by molar-refractivity contribution is 0.0728. The van der Waals surface area contributed by atoms with Gasteiger partial charge in [-0.1, -0.05) is 29.3 Å². The summed E-state index contributed by atoms with van der Waals surface area (Å²) in [6.07, 6.45) is 1.85. The maximum absolute atomic E-state index is 12.2. The zero-order valence-corrected chi connectivity index (χ0v) is 11.6. The van der Waals surface area contributed by atoms with Gasteiger partial charge in [-0.25, -0.2) is 0 Å². The quantitative estimate of drug-likeness (QED) is 0.785. The van der Waals surface area contributed by atoms with Crippen LogP contribution < -0.4 is 0 Å². The lowest BCUT2D eigenvalue weighted by Gasteiger charge is -2.30. The van der Waals surface area contributed by atoms with Crippen LogP contribution in [0.15, 0.2) is 18.2 Å². The van der Waals surface area contributed by atoms with Crippen molar-refractivity contribution in [1.29, 1.82) is 0 Å². The van der Waals surface area contributed by atoms with Gasteiger partial charge in [0.05, 0.1) is 15.6 Å². The van der Waals surface area contributed by atoms with E-state index in [1.54, 1.807) is 18.2 Å². The van der Waals surface area contributed by atoms with E-state index in [9.17, 15) is 4.79 Å². The molecule has 1 heterocycles. The average Bonchev–Trinajstić information content (AvgIpc) is 2.33. The highest BCUT2D eigenvalue weighted by molar-refractivity contribution is 7.80. The van der Waals surface area contributed by atoms with E-state index in [0.717, 1.165) is 25.9 Å². The van der Waals surface area contributed by atoms with Crippen molar-refractivity contribution in [1.82, 2.24) is 4.90 Å². The Hall–Kier alpha value is -0.380. The number of rotatable bonds is 1. The van der Waals surface area contributed by atoms with Crippen LogP contribution in [-0.2, 0) is 0 Å². The largest absolute Gasteiger partial charge is 0.339 e. The highest BCUT2D eigenvalue weighted by atomic mass is 35.5. The van der Waals surface area contributed by atoms with Gasteiger partial charge < -0.3 is 4.90 Å². The van der Waals surface area contributed by atoms with E-state index in [4.69, 9.17) is 23.2 Å². The number of carbonyl (C=O) groups is 1. The van der Waals surface area contributed by atoms with Crippen molar-refractivity contribution in [2.45, 2.75) is 18.1 Å². The van der Waals surface area contributed by atoms with Crippen LogP contribution >= 0.6 is 35.8 Å². The van der Waals surface area contributed by atoms with Crippen LogP contribution in [0.3, 0.4) is 0 Å². The molecule has 1 amide bonds. The standard InChI is InChI=1S/C12H13Cl2NOS/c13-10-3-1-2-9(11(10)14)12(16)15-6-4-8(17)5-7-15/h1-3,8,17H,4-7H2. The average molecular weight is 290 g/mol. The molecule has 5 heteroatoms. The summed E-state index contributed by atoms with van der Waals surface area (Å²) < 4.78 is 0. The van der Waals surface area contributed by atoms with Gasteiger partial charge in [0, 0.05) is 18.3 Å². The Morgan fingerprint density at radius 2 is 1.94 bits per heavy atom. The molecule has 1 saturated heterocycles. The van der Waals surface area contributed by atoms with Crippen LogP contribution in [0.25, 0.3) is 0 Å². The number of halogens is 2. The van der Waals surface area contributed by atoms with Gasteiger partial charge in [-0.3, -0.25) is 4.79 Å². The van der Waals surface area contributed by atoms with Crippen molar-refractivity contribution < 1.29 is 4.79 Å². The first-order valence-electron chi connectivity index (χ1n) is 5.51. The molecule has 0 aromatic heterocycles. The molecule has 1 aliphatic heterocycles. The second kappa shape index (κ2) is 5.51. The number of amides is 1. The molecule has 1 aromatic rings. The van der Waals surface area contributed by atoms with E-state index in [0.29, 0.717) is 20.9 Å². The van der Waals surface area contributed by atoms with Crippen LogP contribution in [0.5, 0.6) is 0 Å². The maximum atomic E-state index is 12.2. The summed E-state index contributed by atoms with van der Waals surface area (Å²) in [5, 5.41) is 1.16. The van der Waals surface area contributed by atoms with E-state index in [2.05, 4.69) is 12.6 Å².